The molecule has 0 saturated carbocycles. The average molecular weight is 139 g/mol. The number of rotatable bonds is 3. The second-order valence-electron chi connectivity index (χ2n) is 0.980. The minimum atomic E-state index is -3.73. The van der Waals surface area contributed by atoms with Gasteiger partial charge in [-0.25, -0.2) is 8.42 Å². The lowest BCUT2D eigenvalue weighted by Gasteiger charge is -1.92. The van der Waals surface area contributed by atoms with Gasteiger partial charge in [0.05, 0.1) is 0 Å². The molecule has 0 rings (SSSR count). The van der Waals surface area contributed by atoms with E-state index in [9.17, 15) is 13.2 Å². The predicted molar refractivity (Wildman–Crippen MR) is 25.2 cm³/mol. The molecule has 0 fully saturated rings. The van der Waals surface area contributed by atoms with E-state index in [0.717, 1.165) is 0 Å². The van der Waals surface area contributed by atoms with Crippen molar-refractivity contribution >= 4 is 16.4 Å². The predicted octanol–water partition coefficient (Wildman–Crippen LogP) is -1.99. The summed E-state index contributed by atoms with van der Waals surface area (Å²) in [6, 6.07) is 0. The highest BCUT2D eigenvalue weighted by Gasteiger charge is 2.02. The van der Waals surface area contributed by atoms with Gasteiger partial charge in [-0.3, -0.25) is 9.52 Å². The van der Waals surface area contributed by atoms with E-state index in [-0.39, 0.29) is 6.41 Å². The lowest BCUT2D eigenvalue weighted by atomic mass is 11.5. The highest BCUT2D eigenvalue weighted by Crippen LogP contribution is 1.73. The molecule has 2 N–H and O–H groups in total. The standard InChI is InChI=1S/C2H5NO4S/c4-1-3-8(6,7)2-5/h1,5H,2H2,(H,3,4). The van der Waals surface area contributed by atoms with Crippen LogP contribution in [0.3, 0.4) is 0 Å². The fourth-order valence-electron chi connectivity index (χ4n) is 0.111. The van der Waals surface area contributed by atoms with Crippen molar-refractivity contribution in [3.8, 4) is 0 Å². The van der Waals surface area contributed by atoms with E-state index in [0.29, 0.717) is 0 Å². The summed E-state index contributed by atoms with van der Waals surface area (Å²) in [4.78, 5) is 9.38. The van der Waals surface area contributed by atoms with Crippen molar-refractivity contribution in [1.29, 1.82) is 0 Å². The normalized spacial score (nSPS) is 10.6. The first-order valence-electron chi connectivity index (χ1n) is 1.67. The average Bonchev–Trinajstić information content (AvgIpc) is 1.67. The molecule has 0 atom stereocenters. The SMILES string of the molecule is O=CNS(=O)(=O)CO. The first-order chi connectivity index (χ1) is 3.62. The van der Waals surface area contributed by atoms with Crippen LogP contribution in [0.1, 0.15) is 0 Å². The Morgan fingerprint density at radius 3 is 2.25 bits per heavy atom. The van der Waals surface area contributed by atoms with Crippen LogP contribution in [-0.4, -0.2) is 25.9 Å². The van der Waals surface area contributed by atoms with Crippen LogP contribution >= 0.6 is 0 Å². The van der Waals surface area contributed by atoms with E-state index in [1.165, 1.54) is 4.72 Å². The Kier molecular flexibility index (Phi) is 2.43. The Balaban J connectivity index is 3.94. The summed E-state index contributed by atoms with van der Waals surface area (Å²) in [5, 5.41) is 7.92. The first-order valence-corrected chi connectivity index (χ1v) is 3.32. The molecule has 0 aliphatic carbocycles. The highest BCUT2D eigenvalue weighted by molar-refractivity contribution is 7.89. The van der Waals surface area contributed by atoms with Crippen LogP contribution in [-0.2, 0) is 14.8 Å². The second-order valence-corrected chi connectivity index (χ2v) is 2.70. The third kappa shape index (κ3) is 2.54. The molecule has 0 aliphatic heterocycles. The molecule has 0 bridgehead atoms. The van der Waals surface area contributed by atoms with E-state index in [2.05, 4.69) is 0 Å². The number of aliphatic hydroxyl groups excluding tert-OH is 1. The van der Waals surface area contributed by atoms with Crippen LogP contribution in [0.25, 0.3) is 0 Å². The van der Waals surface area contributed by atoms with Gasteiger partial charge >= 0.3 is 0 Å². The quantitative estimate of drug-likeness (QED) is 0.443. The van der Waals surface area contributed by atoms with Crippen molar-refractivity contribution in [1.82, 2.24) is 4.72 Å². The second kappa shape index (κ2) is 2.63. The number of carbonyl (C=O) groups is 1. The molecule has 5 nitrogen and oxygen atoms in total. The Morgan fingerprint density at radius 2 is 2.12 bits per heavy atom. The number of aliphatic hydroxyl groups is 1. The van der Waals surface area contributed by atoms with Gasteiger partial charge in [0.15, 0.2) is 5.94 Å². The Labute approximate surface area is 46.4 Å². The van der Waals surface area contributed by atoms with Crippen LogP contribution < -0.4 is 4.72 Å². The Hall–Kier alpha value is -0.620. The molecule has 1 amide bonds. The van der Waals surface area contributed by atoms with Crippen molar-refractivity contribution in [2.45, 2.75) is 0 Å². The number of hydrogen-bond acceptors (Lipinski definition) is 4. The third-order valence-electron chi connectivity index (χ3n) is 0.398. The molecule has 48 valence electrons. The fraction of sp³-hybridized carbons (Fsp3) is 0.500. The summed E-state index contributed by atoms with van der Waals surface area (Å²) in [6.45, 7) is 0. The Morgan fingerprint density at radius 1 is 1.62 bits per heavy atom. The number of sulfonamides is 1. The largest absolute Gasteiger partial charge is 0.378 e. The number of amides is 1. The van der Waals surface area contributed by atoms with Gasteiger partial charge in [-0.2, -0.15) is 0 Å². The summed E-state index contributed by atoms with van der Waals surface area (Å²) in [7, 11) is -3.73. The molecule has 0 aromatic heterocycles. The summed E-state index contributed by atoms with van der Waals surface area (Å²) in [5.74, 6) is -1.06. The van der Waals surface area contributed by atoms with Gasteiger partial charge in [-0.1, -0.05) is 0 Å². The van der Waals surface area contributed by atoms with Gasteiger partial charge in [0.1, 0.15) is 0 Å². The summed E-state index contributed by atoms with van der Waals surface area (Å²) in [5.41, 5.74) is 0. The molecule has 0 radical (unpaired) electrons. The zero-order chi connectivity index (χ0) is 6.62. The molecule has 0 unspecified atom stereocenters. The molecule has 0 aromatic carbocycles. The van der Waals surface area contributed by atoms with Gasteiger partial charge < -0.3 is 5.11 Å². The number of hydrogen-bond donors (Lipinski definition) is 2. The topological polar surface area (TPSA) is 83.5 Å². The van der Waals surface area contributed by atoms with Crippen LogP contribution in [0.2, 0.25) is 0 Å². The van der Waals surface area contributed by atoms with E-state index >= 15 is 0 Å². The van der Waals surface area contributed by atoms with E-state index < -0.39 is 16.0 Å². The van der Waals surface area contributed by atoms with Crippen LogP contribution in [0.15, 0.2) is 0 Å². The smallest absolute Gasteiger partial charge is 0.258 e. The van der Waals surface area contributed by atoms with E-state index in [1.807, 2.05) is 0 Å². The maximum atomic E-state index is 10.0. The zero-order valence-electron chi connectivity index (χ0n) is 3.86. The van der Waals surface area contributed by atoms with Crippen molar-refractivity contribution in [2.24, 2.45) is 0 Å². The van der Waals surface area contributed by atoms with Crippen LogP contribution in [0, 0.1) is 0 Å². The van der Waals surface area contributed by atoms with Gasteiger partial charge in [0.2, 0.25) is 6.41 Å². The summed E-state index contributed by atoms with van der Waals surface area (Å²) >= 11 is 0. The third-order valence-corrected chi connectivity index (χ3v) is 1.19. The van der Waals surface area contributed by atoms with Gasteiger partial charge in [-0.05, 0) is 0 Å². The lowest BCUT2D eigenvalue weighted by Crippen LogP contribution is -2.24. The molecule has 0 spiro atoms. The molecular weight excluding hydrogens is 134 g/mol. The number of nitrogens with one attached hydrogen (secondary N) is 1. The van der Waals surface area contributed by atoms with Crippen LogP contribution in [0.5, 0.6) is 0 Å². The van der Waals surface area contributed by atoms with Gasteiger partial charge in [-0.15, -0.1) is 0 Å². The summed E-state index contributed by atoms with van der Waals surface area (Å²) in [6.07, 6.45) is -0.00838. The molecule has 8 heavy (non-hydrogen) atoms. The fourth-order valence-corrected chi connectivity index (χ4v) is 0.332. The van der Waals surface area contributed by atoms with Crippen molar-refractivity contribution in [3.63, 3.8) is 0 Å². The molecule has 6 heteroatoms. The zero-order valence-corrected chi connectivity index (χ0v) is 4.68. The lowest BCUT2D eigenvalue weighted by molar-refractivity contribution is -0.108. The molecular formula is C2H5NO4S. The van der Waals surface area contributed by atoms with Crippen molar-refractivity contribution < 1.29 is 18.3 Å². The minimum Gasteiger partial charge on any atom is -0.378 e. The van der Waals surface area contributed by atoms with Crippen molar-refractivity contribution in [3.05, 3.63) is 0 Å². The maximum absolute atomic E-state index is 10.0. The molecule has 0 aromatic rings. The van der Waals surface area contributed by atoms with E-state index in [4.69, 9.17) is 5.11 Å². The van der Waals surface area contributed by atoms with Crippen molar-refractivity contribution in [2.75, 3.05) is 5.94 Å². The minimum absolute atomic E-state index is 0.00838. The van der Waals surface area contributed by atoms with Gasteiger partial charge in [0, 0.05) is 0 Å². The first kappa shape index (κ1) is 7.38. The molecule has 0 saturated heterocycles. The van der Waals surface area contributed by atoms with E-state index in [1.54, 1.807) is 0 Å². The molecule has 0 aliphatic rings. The summed E-state index contributed by atoms with van der Waals surface area (Å²) < 4.78 is 21.4. The number of carbonyl (C=O) groups excluding carboxylic acids is 1. The highest BCUT2D eigenvalue weighted by atomic mass is 32.2. The molecule has 0 heterocycles. The van der Waals surface area contributed by atoms with Gasteiger partial charge in [0.25, 0.3) is 10.0 Å². The Bertz CT molecular complexity index is 159. The van der Waals surface area contributed by atoms with Crippen LogP contribution in [0.4, 0.5) is 0 Å². The maximum Gasteiger partial charge on any atom is 0.258 e. The monoisotopic (exact) mass is 139 g/mol.